The van der Waals surface area contributed by atoms with Gasteiger partial charge in [0.2, 0.25) is 17.7 Å². The highest BCUT2D eigenvalue weighted by Gasteiger charge is 2.75. The van der Waals surface area contributed by atoms with Crippen molar-refractivity contribution in [3.8, 4) is 0 Å². The molecule has 1 aliphatic carbocycles. The van der Waals surface area contributed by atoms with Crippen LogP contribution in [0.15, 0.2) is 55.6 Å². The van der Waals surface area contributed by atoms with Crippen molar-refractivity contribution in [1.29, 1.82) is 0 Å². The molecule has 3 heterocycles. The Bertz CT molecular complexity index is 1230. The quantitative estimate of drug-likeness (QED) is 0.246. The van der Waals surface area contributed by atoms with Crippen molar-refractivity contribution in [3.63, 3.8) is 0 Å². The maximum atomic E-state index is 14.4. The third-order valence-corrected chi connectivity index (χ3v) is 9.76. The van der Waals surface area contributed by atoms with Crippen LogP contribution in [0.5, 0.6) is 0 Å². The molecular weight excluding hydrogens is 562 g/mol. The molecule has 3 amide bonds. The molecule has 0 aromatic heterocycles. The van der Waals surface area contributed by atoms with Crippen LogP contribution in [0.25, 0.3) is 0 Å². The molecule has 3 saturated heterocycles. The number of likely N-dealkylation sites (tertiary alicyclic amines) is 1. The highest BCUT2D eigenvalue weighted by atomic mass is 16.6. The molecule has 5 rings (SSSR count). The maximum absolute atomic E-state index is 14.4. The molecule has 0 unspecified atom stereocenters. The molecule has 1 aromatic carbocycles. The van der Waals surface area contributed by atoms with Crippen molar-refractivity contribution >= 4 is 23.7 Å². The number of aliphatic hydroxyl groups is 1. The van der Waals surface area contributed by atoms with Gasteiger partial charge in [-0.2, -0.15) is 0 Å². The van der Waals surface area contributed by atoms with E-state index in [2.05, 4.69) is 18.5 Å². The van der Waals surface area contributed by atoms with Crippen LogP contribution in [0.1, 0.15) is 69.5 Å². The normalized spacial score (nSPS) is 28.3. The van der Waals surface area contributed by atoms with Gasteiger partial charge in [0.15, 0.2) is 0 Å². The average Bonchev–Trinajstić information content (AvgIpc) is 3.69. The van der Waals surface area contributed by atoms with Gasteiger partial charge in [-0.15, -0.1) is 13.2 Å². The van der Waals surface area contributed by atoms with Gasteiger partial charge in [0.25, 0.3) is 0 Å². The van der Waals surface area contributed by atoms with Crippen LogP contribution in [0.2, 0.25) is 0 Å². The Kier molecular flexibility index (Phi) is 10.2. The van der Waals surface area contributed by atoms with Crippen molar-refractivity contribution in [1.82, 2.24) is 15.1 Å². The number of amides is 3. The number of hydrogen-bond acceptors (Lipinski definition) is 7. The van der Waals surface area contributed by atoms with Crippen LogP contribution in [0.4, 0.5) is 0 Å². The van der Waals surface area contributed by atoms with Gasteiger partial charge in [0, 0.05) is 25.6 Å². The van der Waals surface area contributed by atoms with E-state index in [-0.39, 0.29) is 49.9 Å². The Morgan fingerprint density at radius 3 is 2.57 bits per heavy atom. The molecule has 1 saturated carbocycles. The summed E-state index contributed by atoms with van der Waals surface area (Å²) in [5.74, 6) is -3.14. The van der Waals surface area contributed by atoms with Gasteiger partial charge < -0.3 is 29.7 Å². The summed E-state index contributed by atoms with van der Waals surface area (Å²) in [5, 5.41) is 12.8. The van der Waals surface area contributed by atoms with Crippen LogP contribution < -0.4 is 5.32 Å². The van der Waals surface area contributed by atoms with Crippen LogP contribution in [0, 0.1) is 11.8 Å². The number of carbonyl (C=O) groups is 4. The smallest absolute Gasteiger partial charge is 0.313 e. The molecule has 6 atom stereocenters. The van der Waals surface area contributed by atoms with E-state index < -0.39 is 41.7 Å². The number of esters is 1. The van der Waals surface area contributed by atoms with Gasteiger partial charge in [0.1, 0.15) is 17.7 Å². The van der Waals surface area contributed by atoms with Crippen LogP contribution in [-0.4, -0.2) is 88.6 Å². The van der Waals surface area contributed by atoms with Crippen molar-refractivity contribution in [3.05, 3.63) is 61.2 Å². The number of aliphatic hydroxyl groups excluding tert-OH is 1. The second-order valence-corrected chi connectivity index (χ2v) is 12.3. The van der Waals surface area contributed by atoms with Gasteiger partial charge in [-0.25, -0.2) is 0 Å². The number of β-amino-alcohol motifs (C(OH)–C–C–N with tert-alkyl or cyclic N) is 1. The van der Waals surface area contributed by atoms with E-state index in [0.717, 1.165) is 32.1 Å². The molecule has 3 aliphatic heterocycles. The van der Waals surface area contributed by atoms with Crippen molar-refractivity contribution < 1.29 is 33.8 Å². The summed E-state index contributed by atoms with van der Waals surface area (Å²) < 4.78 is 12.6. The molecule has 4 aliphatic rings. The monoisotopic (exact) mass is 607 g/mol. The number of allylic oxidation sites excluding steroid dienone is 1. The summed E-state index contributed by atoms with van der Waals surface area (Å²) in [4.78, 5) is 58.1. The second kappa shape index (κ2) is 14.1. The van der Waals surface area contributed by atoms with Crippen LogP contribution in [0.3, 0.4) is 0 Å². The van der Waals surface area contributed by atoms with Gasteiger partial charge in [-0.05, 0) is 37.7 Å². The standard InChI is InChI=1S/C34H45N3O7/c1-3-5-16-27(39)35-22-26(23-12-8-6-9-13-23)43-33(42)28-25-17-18-34(44-25)29(28)31(40)37(20-21-38)30(34)32(41)36(19-4-2)24-14-10-7-11-15-24/h3-4,6,8-9,12-13,24-26,28-30,38H,1-2,5,7,10-11,14-22H2,(H,35,39)/t25-,26-,28+,29+,30-,34+/m0/s1. The first-order valence-electron chi connectivity index (χ1n) is 16.0. The lowest BCUT2D eigenvalue weighted by atomic mass is 9.70. The summed E-state index contributed by atoms with van der Waals surface area (Å²) in [6.45, 7) is 7.61. The minimum Gasteiger partial charge on any atom is -0.455 e. The lowest BCUT2D eigenvalue weighted by Crippen LogP contribution is -2.58. The Morgan fingerprint density at radius 2 is 1.89 bits per heavy atom. The molecule has 238 valence electrons. The Hall–Kier alpha value is -3.50. The summed E-state index contributed by atoms with van der Waals surface area (Å²) >= 11 is 0. The van der Waals surface area contributed by atoms with E-state index >= 15 is 0 Å². The number of nitrogens with one attached hydrogen (secondary N) is 1. The third-order valence-electron chi connectivity index (χ3n) is 9.76. The molecule has 4 fully saturated rings. The predicted octanol–water partition coefficient (Wildman–Crippen LogP) is 3.07. The number of carbonyl (C=O) groups excluding carboxylic acids is 4. The average molecular weight is 608 g/mol. The first-order valence-corrected chi connectivity index (χ1v) is 16.0. The maximum Gasteiger partial charge on any atom is 0.313 e. The molecule has 2 bridgehead atoms. The van der Waals surface area contributed by atoms with E-state index in [0.29, 0.717) is 31.4 Å². The topological polar surface area (TPSA) is 125 Å². The lowest BCUT2D eigenvalue weighted by Gasteiger charge is -2.40. The number of ether oxygens (including phenoxy) is 2. The van der Waals surface area contributed by atoms with Crippen LogP contribution >= 0.6 is 0 Å². The van der Waals surface area contributed by atoms with Crippen LogP contribution in [-0.2, 0) is 28.7 Å². The van der Waals surface area contributed by atoms with Gasteiger partial charge in [0.05, 0.1) is 31.1 Å². The fourth-order valence-corrected chi connectivity index (χ4v) is 7.80. The van der Waals surface area contributed by atoms with E-state index in [4.69, 9.17) is 9.47 Å². The number of nitrogens with zero attached hydrogens (tertiary/aromatic N) is 2. The molecular formula is C34H45N3O7. The van der Waals surface area contributed by atoms with E-state index in [1.165, 1.54) is 4.90 Å². The van der Waals surface area contributed by atoms with E-state index in [1.807, 2.05) is 35.2 Å². The number of hydrogen-bond donors (Lipinski definition) is 2. The zero-order valence-electron chi connectivity index (χ0n) is 25.4. The Labute approximate surface area is 259 Å². The number of rotatable bonds is 14. The van der Waals surface area contributed by atoms with Gasteiger partial charge in [-0.3, -0.25) is 19.2 Å². The first kappa shape index (κ1) is 31.9. The SMILES string of the molecule is C=CCCC(=O)NC[C@H](OC(=O)[C@@H]1[C@@H]2CC[C@]3(O2)[C@H](C(=O)N(CC=C)C2CCCCC2)N(CCO)C(=O)[C@@H]13)c1ccccc1. The summed E-state index contributed by atoms with van der Waals surface area (Å²) in [7, 11) is 0. The molecule has 44 heavy (non-hydrogen) atoms. The zero-order chi connectivity index (χ0) is 31.3. The molecule has 10 heteroatoms. The van der Waals surface area contributed by atoms with Gasteiger partial charge in [-0.1, -0.05) is 61.7 Å². The van der Waals surface area contributed by atoms with Crippen molar-refractivity contribution in [2.45, 2.75) is 87.7 Å². The first-order chi connectivity index (χ1) is 21.4. The Balaban J connectivity index is 1.40. The fraction of sp³-hybridized carbons (Fsp3) is 0.588. The number of benzene rings is 1. The number of fused-ring (bicyclic) bond motifs is 1. The Morgan fingerprint density at radius 1 is 1.14 bits per heavy atom. The van der Waals surface area contributed by atoms with E-state index in [9.17, 15) is 24.3 Å². The molecule has 1 spiro atoms. The molecule has 10 nitrogen and oxygen atoms in total. The highest BCUT2D eigenvalue weighted by Crippen LogP contribution is 2.59. The molecule has 1 aromatic rings. The fourth-order valence-electron chi connectivity index (χ4n) is 7.80. The third kappa shape index (κ3) is 6.06. The summed E-state index contributed by atoms with van der Waals surface area (Å²) in [5.41, 5.74) is -0.462. The highest BCUT2D eigenvalue weighted by molar-refractivity contribution is 5.98. The predicted molar refractivity (Wildman–Crippen MR) is 163 cm³/mol. The second-order valence-electron chi connectivity index (χ2n) is 12.3. The zero-order valence-corrected chi connectivity index (χ0v) is 25.4. The van der Waals surface area contributed by atoms with Gasteiger partial charge >= 0.3 is 5.97 Å². The van der Waals surface area contributed by atoms with Crippen molar-refractivity contribution in [2.24, 2.45) is 11.8 Å². The molecule has 2 N–H and O–H groups in total. The minimum absolute atomic E-state index is 0.0285. The lowest BCUT2D eigenvalue weighted by molar-refractivity contribution is -0.160. The largest absolute Gasteiger partial charge is 0.455 e. The molecule has 0 radical (unpaired) electrons. The van der Waals surface area contributed by atoms with Crippen molar-refractivity contribution in [2.75, 3.05) is 26.2 Å². The summed E-state index contributed by atoms with van der Waals surface area (Å²) in [6, 6.07) is 8.27. The minimum atomic E-state index is -1.17. The van der Waals surface area contributed by atoms with E-state index in [1.54, 1.807) is 12.2 Å². The summed E-state index contributed by atoms with van der Waals surface area (Å²) in [6.07, 6.45) is 8.80.